The molecule has 1 aliphatic heterocycles. The summed E-state index contributed by atoms with van der Waals surface area (Å²) in [4.78, 5) is 23.1. The van der Waals surface area contributed by atoms with E-state index < -0.39 is 0 Å². The molecule has 0 bridgehead atoms. The second-order valence-electron chi connectivity index (χ2n) is 6.23. The predicted octanol–water partition coefficient (Wildman–Crippen LogP) is 2.56. The molecule has 0 radical (unpaired) electrons. The number of fused-ring (bicyclic) bond motifs is 3. The lowest BCUT2D eigenvalue weighted by Gasteiger charge is -2.26. The molecule has 0 aromatic heterocycles. The number of esters is 2. The summed E-state index contributed by atoms with van der Waals surface area (Å²) in [7, 11) is 0. The lowest BCUT2D eigenvalue weighted by Crippen LogP contribution is -2.30. The van der Waals surface area contributed by atoms with E-state index in [4.69, 9.17) is 9.47 Å². The Kier molecular flexibility index (Phi) is 3.27. The molecule has 0 spiro atoms. The Morgan fingerprint density at radius 3 is 2.76 bits per heavy atom. The van der Waals surface area contributed by atoms with Crippen LogP contribution in [0.15, 0.2) is 36.0 Å². The lowest BCUT2D eigenvalue weighted by atomic mass is 9.81. The number of hydrogen-bond donors (Lipinski definition) is 0. The molecule has 4 heteroatoms. The van der Waals surface area contributed by atoms with Gasteiger partial charge in [-0.1, -0.05) is 24.8 Å². The van der Waals surface area contributed by atoms with Crippen molar-refractivity contribution in [3.63, 3.8) is 0 Å². The van der Waals surface area contributed by atoms with Crippen LogP contribution in [0.1, 0.15) is 26.7 Å². The highest BCUT2D eigenvalue weighted by atomic mass is 16.6. The van der Waals surface area contributed by atoms with Crippen LogP contribution < -0.4 is 0 Å². The van der Waals surface area contributed by atoms with Crippen LogP contribution in [-0.2, 0) is 19.1 Å². The number of carbonyl (C=O) groups excluding carboxylic acids is 2. The summed E-state index contributed by atoms with van der Waals surface area (Å²) < 4.78 is 10.9. The molecular formula is C17H20O4. The van der Waals surface area contributed by atoms with Crippen molar-refractivity contribution in [1.29, 1.82) is 0 Å². The second-order valence-corrected chi connectivity index (χ2v) is 6.23. The standard InChI is InChI=1S/C17H20O4/c1-8-5-6-12-9(2)17(19)21-16(12)15-10(3)14(7-13(8)15)20-11(4)18/h5,12-16H,2-3,6-7H2,1,4H3/t12-,13-,14-,15-,16-/m0/s1. The molecule has 3 rings (SSSR count). The minimum atomic E-state index is -0.305. The molecule has 0 unspecified atom stereocenters. The maximum Gasteiger partial charge on any atom is 0.334 e. The SMILES string of the molecule is C=C1[C@@H]2[C@H]3OC(=O)C(=C)[C@@H]3CC=C(C)[C@@H]2C[C@@H]1OC(C)=O. The third-order valence-electron chi connectivity index (χ3n) is 5.03. The normalized spacial score (nSPS) is 38.3. The fourth-order valence-electron chi connectivity index (χ4n) is 3.93. The van der Waals surface area contributed by atoms with Crippen LogP contribution in [0.5, 0.6) is 0 Å². The summed E-state index contributed by atoms with van der Waals surface area (Å²) in [6.07, 6.45) is 3.15. The minimum Gasteiger partial charge on any atom is -0.458 e. The average molecular weight is 288 g/mol. The zero-order valence-electron chi connectivity index (χ0n) is 12.4. The van der Waals surface area contributed by atoms with Crippen LogP contribution in [0.3, 0.4) is 0 Å². The lowest BCUT2D eigenvalue weighted by molar-refractivity contribution is -0.145. The summed E-state index contributed by atoms with van der Waals surface area (Å²) in [6.45, 7) is 11.5. The van der Waals surface area contributed by atoms with Gasteiger partial charge in [0.25, 0.3) is 0 Å². The third kappa shape index (κ3) is 2.13. The monoisotopic (exact) mass is 288 g/mol. The quantitative estimate of drug-likeness (QED) is 0.423. The number of hydrogen-bond acceptors (Lipinski definition) is 4. The fourth-order valence-corrected chi connectivity index (χ4v) is 3.93. The second kappa shape index (κ2) is 4.86. The molecule has 0 aromatic rings. The van der Waals surface area contributed by atoms with Crippen molar-refractivity contribution in [2.24, 2.45) is 17.8 Å². The van der Waals surface area contributed by atoms with E-state index in [0.717, 1.165) is 18.4 Å². The van der Waals surface area contributed by atoms with Crippen LogP contribution in [-0.4, -0.2) is 24.1 Å². The van der Waals surface area contributed by atoms with E-state index in [1.807, 2.05) is 0 Å². The average Bonchev–Trinajstić information content (AvgIpc) is 2.81. The molecule has 2 aliphatic carbocycles. The molecule has 1 heterocycles. The largest absolute Gasteiger partial charge is 0.458 e. The first-order valence-corrected chi connectivity index (χ1v) is 7.32. The van der Waals surface area contributed by atoms with Gasteiger partial charge in [-0.2, -0.15) is 0 Å². The third-order valence-corrected chi connectivity index (χ3v) is 5.03. The van der Waals surface area contributed by atoms with Crippen molar-refractivity contribution in [1.82, 2.24) is 0 Å². The van der Waals surface area contributed by atoms with Crippen molar-refractivity contribution < 1.29 is 19.1 Å². The molecule has 0 aromatic carbocycles. The summed E-state index contributed by atoms with van der Waals surface area (Å²) in [5, 5.41) is 0. The van der Waals surface area contributed by atoms with E-state index in [1.165, 1.54) is 12.5 Å². The maximum absolute atomic E-state index is 11.8. The van der Waals surface area contributed by atoms with Gasteiger partial charge < -0.3 is 9.47 Å². The molecule has 5 atom stereocenters. The Bertz CT molecular complexity index is 571. The van der Waals surface area contributed by atoms with Crippen LogP contribution in [0.2, 0.25) is 0 Å². The van der Waals surface area contributed by atoms with E-state index in [1.54, 1.807) is 0 Å². The van der Waals surface area contributed by atoms with Crippen molar-refractivity contribution in [3.8, 4) is 0 Å². The van der Waals surface area contributed by atoms with Gasteiger partial charge in [-0.25, -0.2) is 4.79 Å². The Morgan fingerprint density at radius 1 is 1.38 bits per heavy atom. The summed E-state index contributed by atoms with van der Waals surface area (Å²) in [6, 6.07) is 0. The predicted molar refractivity (Wildman–Crippen MR) is 77.2 cm³/mol. The van der Waals surface area contributed by atoms with E-state index in [9.17, 15) is 9.59 Å². The van der Waals surface area contributed by atoms with Gasteiger partial charge in [-0.05, 0) is 31.3 Å². The van der Waals surface area contributed by atoms with E-state index in [-0.39, 0.29) is 41.9 Å². The summed E-state index contributed by atoms with van der Waals surface area (Å²) in [5.41, 5.74) is 2.67. The van der Waals surface area contributed by atoms with Gasteiger partial charge >= 0.3 is 11.9 Å². The maximum atomic E-state index is 11.8. The topological polar surface area (TPSA) is 52.6 Å². The first-order valence-electron chi connectivity index (χ1n) is 7.32. The molecule has 1 saturated carbocycles. The van der Waals surface area contributed by atoms with E-state index >= 15 is 0 Å². The van der Waals surface area contributed by atoms with Gasteiger partial charge in [0.05, 0.1) is 0 Å². The number of carbonyl (C=O) groups is 2. The van der Waals surface area contributed by atoms with Crippen LogP contribution in [0, 0.1) is 17.8 Å². The molecule has 112 valence electrons. The first-order chi connectivity index (χ1) is 9.90. The highest BCUT2D eigenvalue weighted by Gasteiger charge is 2.52. The first kappa shape index (κ1) is 14.1. The van der Waals surface area contributed by atoms with Crippen molar-refractivity contribution in [2.45, 2.75) is 38.9 Å². The smallest absolute Gasteiger partial charge is 0.334 e. The molecule has 21 heavy (non-hydrogen) atoms. The van der Waals surface area contributed by atoms with Gasteiger partial charge in [0.1, 0.15) is 12.2 Å². The van der Waals surface area contributed by atoms with Gasteiger partial charge in [0.15, 0.2) is 0 Å². The molecule has 2 fully saturated rings. The van der Waals surface area contributed by atoms with Crippen LogP contribution in [0.25, 0.3) is 0 Å². The van der Waals surface area contributed by atoms with Gasteiger partial charge in [-0.15, -0.1) is 0 Å². The van der Waals surface area contributed by atoms with E-state index in [2.05, 4.69) is 26.2 Å². The molecule has 3 aliphatic rings. The zero-order chi connectivity index (χ0) is 15.3. The van der Waals surface area contributed by atoms with E-state index in [0.29, 0.717) is 5.57 Å². The highest BCUT2D eigenvalue weighted by molar-refractivity contribution is 5.91. The number of rotatable bonds is 1. The number of allylic oxidation sites excluding steroid dienone is 2. The molecule has 4 nitrogen and oxygen atoms in total. The minimum absolute atomic E-state index is 0.00952. The fraction of sp³-hybridized carbons (Fsp3) is 0.529. The van der Waals surface area contributed by atoms with Crippen LogP contribution >= 0.6 is 0 Å². The Labute approximate surface area is 124 Å². The molecular weight excluding hydrogens is 268 g/mol. The Hall–Kier alpha value is -1.84. The molecule has 0 N–H and O–H groups in total. The van der Waals surface area contributed by atoms with Crippen molar-refractivity contribution >= 4 is 11.9 Å². The zero-order valence-corrected chi connectivity index (χ0v) is 12.4. The summed E-state index contributed by atoms with van der Waals surface area (Å²) >= 11 is 0. The van der Waals surface area contributed by atoms with Gasteiger partial charge in [0, 0.05) is 24.3 Å². The van der Waals surface area contributed by atoms with Crippen LogP contribution in [0.4, 0.5) is 0 Å². The van der Waals surface area contributed by atoms with Gasteiger partial charge in [0.2, 0.25) is 0 Å². The molecule has 1 saturated heterocycles. The Morgan fingerprint density at radius 2 is 2.10 bits per heavy atom. The van der Waals surface area contributed by atoms with Gasteiger partial charge in [-0.3, -0.25) is 4.79 Å². The summed E-state index contributed by atoms with van der Waals surface area (Å²) in [5.74, 6) is -0.365. The van der Waals surface area contributed by atoms with Crippen molar-refractivity contribution in [2.75, 3.05) is 0 Å². The van der Waals surface area contributed by atoms with Crippen molar-refractivity contribution in [3.05, 3.63) is 36.0 Å². The number of ether oxygens (including phenoxy) is 2. The highest BCUT2D eigenvalue weighted by Crippen LogP contribution is 2.51. The molecule has 0 amide bonds. The Balaban J connectivity index is 1.95.